The molecule has 2 aromatic carbocycles. The van der Waals surface area contributed by atoms with E-state index in [4.69, 9.17) is 14.2 Å². The summed E-state index contributed by atoms with van der Waals surface area (Å²) in [5.41, 5.74) is 0.527. The summed E-state index contributed by atoms with van der Waals surface area (Å²) in [4.78, 5) is 24.1. The summed E-state index contributed by atoms with van der Waals surface area (Å²) >= 11 is 0. The van der Waals surface area contributed by atoms with Crippen LogP contribution in [0.15, 0.2) is 60.7 Å². The van der Waals surface area contributed by atoms with Crippen LogP contribution in [0.1, 0.15) is 20.7 Å². The van der Waals surface area contributed by atoms with Crippen LogP contribution in [-0.4, -0.2) is 64.6 Å². The molecule has 1 fully saturated rings. The predicted octanol–water partition coefficient (Wildman–Crippen LogP) is 0.508. The van der Waals surface area contributed by atoms with Crippen molar-refractivity contribution < 1.29 is 39.1 Å². The molecule has 0 aromatic heterocycles. The molecule has 8 nitrogen and oxygen atoms in total. The lowest BCUT2D eigenvalue weighted by Crippen LogP contribution is -2.60. The Balaban J connectivity index is 1.58. The van der Waals surface area contributed by atoms with Gasteiger partial charge in [-0.25, -0.2) is 9.59 Å². The van der Waals surface area contributed by atoms with E-state index in [1.165, 1.54) is 12.1 Å². The van der Waals surface area contributed by atoms with Crippen LogP contribution >= 0.6 is 0 Å². The number of carbonyl (C=O) groups excluding carboxylic acids is 2. The Labute approximate surface area is 160 Å². The highest BCUT2D eigenvalue weighted by Gasteiger charge is 2.46. The van der Waals surface area contributed by atoms with E-state index in [0.717, 1.165) is 0 Å². The first-order chi connectivity index (χ1) is 13.5. The lowest BCUT2D eigenvalue weighted by molar-refractivity contribution is -0.285. The topological polar surface area (TPSA) is 123 Å². The Morgan fingerprint density at radius 2 is 1.36 bits per heavy atom. The molecule has 0 unspecified atom stereocenters. The van der Waals surface area contributed by atoms with Crippen LogP contribution in [0.5, 0.6) is 0 Å². The number of hydrogen-bond acceptors (Lipinski definition) is 8. The van der Waals surface area contributed by atoms with Gasteiger partial charge in [0.25, 0.3) is 0 Å². The number of esters is 2. The molecule has 1 aliphatic heterocycles. The van der Waals surface area contributed by atoms with E-state index in [-0.39, 0.29) is 5.56 Å². The SMILES string of the molecule is O=C(OC[C@H]1O[C@H](O)[C@H](OC(=O)c2ccccc2)[C@@H](O)[C@H]1O)c1ccccc1. The second-order valence-electron chi connectivity index (χ2n) is 6.25. The van der Waals surface area contributed by atoms with Crippen LogP contribution in [0.2, 0.25) is 0 Å². The van der Waals surface area contributed by atoms with E-state index in [9.17, 15) is 24.9 Å². The molecule has 1 heterocycles. The quantitative estimate of drug-likeness (QED) is 0.633. The van der Waals surface area contributed by atoms with Gasteiger partial charge >= 0.3 is 11.9 Å². The van der Waals surface area contributed by atoms with Gasteiger partial charge in [0, 0.05) is 0 Å². The van der Waals surface area contributed by atoms with Crippen molar-refractivity contribution in [3.05, 3.63) is 71.8 Å². The van der Waals surface area contributed by atoms with E-state index < -0.39 is 49.3 Å². The van der Waals surface area contributed by atoms with Crippen molar-refractivity contribution in [2.75, 3.05) is 6.61 Å². The molecular weight excluding hydrogens is 368 g/mol. The van der Waals surface area contributed by atoms with Crippen molar-refractivity contribution in [1.29, 1.82) is 0 Å². The van der Waals surface area contributed by atoms with Crippen molar-refractivity contribution in [2.24, 2.45) is 0 Å². The lowest BCUT2D eigenvalue weighted by Gasteiger charge is -2.39. The van der Waals surface area contributed by atoms with E-state index in [1.807, 2.05) is 0 Å². The maximum absolute atomic E-state index is 12.1. The first-order valence-electron chi connectivity index (χ1n) is 8.65. The monoisotopic (exact) mass is 388 g/mol. The molecule has 0 amide bonds. The Hall–Kier alpha value is -2.78. The van der Waals surface area contributed by atoms with Crippen LogP contribution in [0.3, 0.4) is 0 Å². The normalized spacial score (nSPS) is 27.0. The fourth-order valence-electron chi connectivity index (χ4n) is 2.77. The van der Waals surface area contributed by atoms with Gasteiger partial charge in [0.15, 0.2) is 12.4 Å². The molecule has 0 radical (unpaired) electrons. The minimum Gasteiger partial charge on any atom is -0.459 e. The second-order valence-corrected chi connectivity index (χ2v) is 6.25. The molecule has 148 valence electrons. The van der Waals surface area contributed by atoms with Crippen molar-refractivity contribution >= 4 is 11.9 Å². The average molecular weight is 388 g/mol. The third-order valence-corrected chi connectivity index (χ3v) is 4.30. The number of aliphatic hydroxyl groups is 3. The van der Waals surface area contributed by atoms with Gasteiger partial charge in [-0.05, 0) is 24.3 Å². The van der Waals surface area contributed by atoms with Crippen LogP contribution in [-0.2, 0) is 14.2 Å². The number of rotatable bonds is 5. The highest BCUT2D eigenvalue weighted by Crippen LogP contribution is 2.24. The second kappa shape index (κ2) is 8.94. The zero-order valence-electron chi connectivity index (χ0n) is 14.8. The van der Waals surface area contributed by atoms with Crippen LogP contribution in [0, 0.1) is 0 Å². The maximum Gasteiger partial charge on any atom is 0.338 e. The summed E-state index contributed by atoms with van der Waals surface area (Å²) in [6.07, 6.45) is -7.56. The molecule has 2 aromatic rings. The summed E-state index contributed by atoms with van der Waals surface area (Å²) < 4.78 is 15.3. The van der Waals surface area contributed by atoms with Gasteiger partial charge < -0.3 is 29.5 Å². The van der Waals surface area contributed by atoms with Crippen LogP contribution in [0.4, 0.5) is 0 Å². The van der Waals surface area contributed by atoms with Crippen molar-refractivity contribution in [3.63, 3.8) is 0 Å². The van der Waals surface area contributed by atoms with Gasteiger partial charge in [-0.1, -0.05) is 36.4 Å². The van der Waals surface area contributed by atoms with Crippen molar-refractivity contribution in [1.82, 2.24) is 0 Å². The smallest absolute Gasteiger partial charge is 0.338 e. The van der Waals surface area contributed by atoms with Gasteiger partial charge in [-0.15, -0.1) is 0 Å². The van der Waals surface area contributed by atoms with E-state index in [0.29, 0.717) is 5.56 Å². The minimum absolute atomic E-state index is 0.218. The number of carbonyl (C=O) groups is 2. The van der Waals surface area contributed by atoms with Gasteiger partial charge in [-0.2, -0.15) is 0 Å². The van der Waals surface area contributed by atoms with Crippen molar-refractivity contribution in [2.45, 2.75) is 30.7 Å². The number of ether oxygens (including phenoxy) is 3. The molecule has 3 rings (SSSR count). The lowest BCUT2D eigenvalue weighted by atomic mass is 9.99. The highest BCUT2D eigenvalue weighted by molar-refractivity contribution is 5.89. The van der Waals surface area contributed by atoms with E-state index >= 15 is 0 Å². The summed E-state index contributed by atoms with van der Waals surface area (Å²) in [5.74, 6) is -1.42. The average Bonchev–Trinajstić information content (AvgIpc) is 2.73. The maximum atomic E-state index is 12.1. The number of hydrogen-bond donors (Lipinski definition) is 3. The molecular formula is C20H20O8. The van der Waals surface area contributed by atoms with Gasteiger partial charge in [0.2, 0.25) is 0 Å². The Kier molecular flexibility index (Phi) is 6.37. The fraction of sp³-hybridized carbons (Fsp3) is 0.300. The third kappa shape index (κ3) is 4.55. The van der Waals surface area contributed by atoms with Gasteiger partial charge in [0.1, 0.15) is 24.9 Å². The molecule has 5 atom stereocenters. The Bertz CT molecular complexity index is 792. The molecule has 0 spiro atoms. The Morgan fingerprint density at radius 3 is 1.93 bits per heavy atom. The van der Waals surface area contributed by atoms with Crippen LogP contribution < -0.4 is 0 Å². The molecule has 0 aliphatic carbocycles. The molecule has 1 saturated heterocycles. The first kappa shape index (κ1) is 20.0. The summed E-state index contributed by atoms with van der Waals surface area (Å²) in [6, 6.07) is 16.2. The standard InChI is InChI=1S/C20H20O8/c21-15-14(11-26-18(23)12-7-3-1-4-8-12)27-20(25)17(16(15)22)28-19(24)13-9-5-2-6-10-13/h1-10,14-17,20-22,25H,11H2/t14-,15+,16+,17-,20+/m1/s1. The van der Waals surface area contributed by atoms with E-state index in [2.05, 4.69) is 0 Å². The number of benzene rings is 2. The number of aliphatic hydroxyl groups excluding tert-OH is 3. The Morgan fingerprint density at radius 1 is 0.821 bits per heavy atom. The molecule has 28 heavy (non-hydrogen) atoms. The minimum atomic E-state index is -1.70. The highest BCUT2D eigenvalue weighted by atomic mass is 16.7. The summed E-state index contributed by atoms with van der Waals surface area (Å²) in [6.45, 7) is -0.400. The molecule has 0 saturated carbocycles. The third-order valence-electron chi connectivity index (χ3n) is 4.30. The predicted molar refractivity (Wildman–Crippen MR) is 95.3 cm³/mol. The molecule has 8 heteroatoms. The molecule has 0 bridgehead atoms. The zero-order valence-corrected chi connectivity index (χ0v) is 14.8. The van der Waals surface area contributed by atoms with Crippen LogP contribution in [0.25, 0.3) is 0 Å². The van der Waals surface area contributed by atoms with Gasteiger partial charge in [-0.3, -0.25) is 0 Å². The summed E-state index contributed by atoms with van der Waals surface area (Å²) in [7, 11) is 0. The fourth-order valence-corrected chi connectivity index (χ4v) is 2.77. The molecule has 3 N–H and O–H groups in total. The first-order valence-corrected chi connectivity index (χ1v) is 8.65. The molecule has 1 aliphatic rings. The largest absolute Gasteiger partial charge is 0.459 e. The van der Waals surface area contributed by atoms with Gasteiger partial charge in [0.05, 0.1) is 11.1 Å². The van der Waals surface area contributed by atoms with Crippen molar-refractivity contribution in [3.8, 4) is 0 Å². The summed E-state index contributed by atoms with van der Waals surface area (Å²) in [5, 5.41) is 30.6. The van der Waals surface area contributed by atoms with E-state index in [1.54, 1.807) is 48.5 Å². The zero-order chi connectivity index (χ0) is 20.1.